The van der Waals surface area contributed by atoms with Gasteiger partial charge in [-0.05, 0) is 18.8 Å². The lowest BCUT2D eigenvalue weighted by atomic mass is 9.57. The van der Waals surface area contributed by atoms with Gasteiger partial charge in [0, 0.05) is 36.7 Å². The van der Waals surface area contributed by atoms with Crippen LogP contribution in [0.4, 0.5) is 0 Å². The van der Waals surface area contributed by atoms with E-state index in [9.17, 15) is 39.0 Å². The highest BCUT2D eigenvalue weighted by Gasteiger charge is 2.62. The van der Waals surface area contributed by atoms with Gasteiger partial charge in [-0.3, -0.25) is 38.6 Å². The van der Waals surface area contributed by atoms with Gasteiger partial charge in [0.15, 0.2) is 0 Å². The van der Waals surface area contributed by atoms with Gasteiger partial charge in [-0.1, -0.05) is 11.6 Å². The molecule has 1 aromatic rings. The molecular formula is C28H30N2O11. The number of hydrogen-bond acceptors (Lipinski definition) is 9. The molecule has 41 heavy (non-hydrogen) atoms. The van der Waals surface area contributed by atoms with Crippen molar-refractivity contribution < 1.29 is 53.6 Å². The van der Waals surface area contributed by atoms with Crippen LogP contribution in [0.2, 0.25) is 0 Å². The molecule has 13 nitrogen and oxygen atoms in total. The predicted octanol–water partition coefficient (Wildman–Crippen LogP) is 0.995. The van der Waals surface area contributed by atoms with Gasteiger partial charge in [0.1, 0.15) is 17.2 Å². The van der Waals surface area contributed by atoms with E-state index in [0.29, 0.717) is 5.57 Å². The largest absolute Gasteiger partial charge is 0.507 e. The van der Waals surface area contributed by atoms with Gasteiger partial charge in [-0.25, -0.2) is 0 Å². The van der Waals surface area contributed by atoms with Crippen LogP contribution in [0.15, 0.2) is 23.8 Å². The van der Waals surface area contributed by atoms with Crippen molar-refractivity contribution in [3.05, 3.63) is 29.3 Å². The van der Waals surface area contributed by atoms with E-state index in [4.69, 9.17) is 14.6 Å². The Morgan fingerprint density at radius 2 is 1.41 bits per heavy atom. The van der Waals surface area contributed by atoms with Crippen molar-refractivity contribution in [2.45, 2.75) is 31.6 Å². The molecule has 2 aliphatic heterocycles. The van der Waals surface area contributed by atoms with Crippen molar-refractivity contribution in [1.29, 1.82) is 0 Å². The topological polar surface area (TPSA) is 188 Å². The molecule has 1 aromatic carbocycles. The SMILES string of the molecule is COc1cc(O)c(C2C3=CCC4C(=O)N(CCC(=O)O)C(=O)C4C3CC3C(=O)N(CCC(=O)O)C(=O)C32)c(OC)c1. The first kappa shape index (κ1) is 28.1. The standard InChI is InChI=1S/C28H30N2O11/c1-40-12-9-17(31)24(18(10-12)41-2)22-13-3-4-14-21(27(38)29(25(14)36)7-5-19(32)33)15(13)11-16-23(22)28(39)30(26(16)37)8-6-20(34)35/h3,9-10,14-16,21-23,31H,4-8,11H2,1-2H3,(H,32,33)(H,34,35). The van der Waals surface area contributed by atoms with Gasteiger partial charge >= 0.3 is 11.9 Å². The van der Waals surface area contributed by atoms with Crippen LogP contribution >= 0.6 is 0 Å². The predicted molar refractivity (Wildman–Crippen MR) is 137 cm³/mol. The Kier molecular flexibility index (Phi) is 7.22. The number of fused-ring (bicyclic) bond motifs is 4. The molecule has 0 spiro atoms. The van der Waals surface area contributed by atoms with E-state index in [-0.39, 0.29) is 48.7 Å². The van der Waals surface area contributed by atoms with Crippen LogP contribution in [0.5, 0.6) is 17.2 Å². The number of aliphatic carboxylic acids is 2. The summed E-state index contributed by atoms with van der Waals surface area (Å²) in [6.45, 7) is -0.598. The highest BCUT2D eigenvalue weighted by molar-refractivity contribution is 6.08. The van der Waals surface area contributed by atoms with E-state index >= 15 is 0 Å². The third-order valence-electron chi connectivity index (χ3n) is 8.79. The number of rotatable bonds is 9. The van der Waals surface area contributed by atoms with Crippen molar-refractivity contribution in [2.24, 2.45) is 29.6 Å². The number of likely N-dealkylation sites (tertiary alicyclic amines) is 2. The van der Waals surface area contributed by atoms with Crippen LogP contribution in [-0.2, 0) is 28.8 Å². The van der Waals surface area contributed by atoms with E-state index in [0.717, 1.165) is 9.80 Å². The quantitative estimate of drug-likeness (QED) is 0.284. The molecule has 218 valence electrons. The lowest BCUT2D eigenvalue weighted by Crippen LogP contribution is -2.43. The van der Waals surface area contributed by atoms with Gasteiger partial charge < -0.3 is 24.8 Å². The summed E-state index contributed by atoms with van der Waals surface area (Å²) in [5.41, 5.74) is 0.826. The van der Waals surface area contributed by atoms with E-state index in [1.165, 1.54) is 26.4 Å². The number of carbonyl (C=O) groups is 6. The maximum absolute atomic E-state index is 13.8. The van der Waals surface area contributed by atoms with Gasteiger partial charge in [0.25, 0.3) is 0 Å². The number of nitrogens with zero attached hydrogens (tertiary/aromatic N) is 2. The minimum atomic E-state index is -1.18. The number of ether oxygens (including phenoxy) is 2. The Balaban J connectivity index is 1.62. The van der Waals surface area contributed by atoms with Gasteiger partial charge in [-0.2, -0.15) is 0 Å². The number of aromatic hydroxyl groups is 1. The zero-order valence-electron chi connectivity index (χ0n) is 22.4. The Labute approximate surface area is 234 Å². The van der Waals surface area contributed by atoms with Gasteiger partial charge in [0.05, 0.1) is 50.7 Å². The van der Waals surface area contributed by atoms with Crippen molar-refractivity contribution in [3.8, 4) is 17.2 Å². The number of phenols is 1. The summed E-state index contributed by atoms with van der Waals surface area (Å²) in [6.07, 6.45) is 1.15. The normalized spacial score (nSPS) is 28.7. The van der Waals surface area contributed by atoms with Crippen molar-refractivity contribution in [1.82, 2.24) is 9.80 Å². The maximum Gasteiger partial charge on any atom is 0.305 e. The van der Waals surface area contributed by atoms with Crippen LogP contribution in [-0.4, -0.2) is 88.0 Å². The van der Waals surface area contributed by atoms with Crippen molar-refractivity contribution in [2.75, 3.05) is 27.3 Å². The Morgan fingerprint density at radius 1 is 0.829 bits per heavy atom. The molecule has 6 unspecified atom stereocenters. The summed E-state index contributed by atoms with van der Waals surface area (Å²) in [4.78, 5) is 78.4. The second-order valence-corrected chi connectivity index (χ2v) is 10.7. The number of amides is 4. The molecule has 3 N–H and O–H groups in total. The summed E-state index contributed by atoms with van der Waals surface area (Å²) in [5, 5.41) is 29.5. The number of carboxylic acids is 2. The van der Waals surface area contributed by atoms with Crippen molar-refractivity contribution >= 4 is 35.6 Å². The van der Waals surface area contributed by atoms with Crippen LogP contribution in [0, 0.1) is 29.6 Å². The Morgan fingerprint density at radius 3 is 1.98 bits per heavy atom. The highest BCUT2D eigenvalue weighted by atomic mass is 16.5. The molecule has 2 heterocycles. The summed E-state index contributed by atoms with van der Waals surface area (Å²) in [7, 11) is 2.78. The van der Waals surface area contributed by atoms with Crippen LogP contribution in [0.25, 0.3) is 0 Å². The maximum atomic E-state index is 13.8. The molecule has 6 atom stereocenters. The molecular weight excluding hydrogens is 540 g/mol. The number of allylic oxidation sites excluding steroid dienone is 2. The first-order valence-corrected chi connectivity index (χ1v) is 13.3. The minimum absolute atomic E-state index is 0.0628. The van der Waals surface area contributed by atoms with E-state index in [1.807, 2.05) is 0 Å². The number of carboxylic acid groups (broad SMARTS) is 2. The zero-order valence-corrected chi connectivity index (χ0v) is 22.4. The molecule has 3 fully saturated rings. The lowest BCUT2D eigenvalue weighted by molar-refractivity contribution is -0.145. The molecule has 0 aromatic heterocycles. The average Bonchev–Trinajstić information content (AvgIpc) is 3.32. The molecule has 1 saturated carbocycles. The number of carbonyl (C=O) groups excluding carboxylic acids is 4. The monoisotopic (exact) mass is 570 g/mol. The van der Waals surface area contributed by atoms with Crippen LogP contribution in [0.3, 0.4) is 0 Å². The van der Waals surface area contributed by atoms with E-state index in [1.54, 1.807) is 6.08 Å². The molecule has 0 radical (unpaired) electrons. The van der Waals surface area contributed by atoms with E-state index < -0.39 is 83.9 Å². The fraction of sp³-hybridized carbons (Fsp3) is 0.500. The lowest BCUT2D eigenvalue weighted by Gasteiger charge is -2.44. The third-order valence-corrected chi connectivity index (χ3v) is 8.79. The smallest absolute Gasteiger partial charge is 0.305 e. The third kappa shape index (κ3) is 4.49. The van der Waals surface area contributed by atoms with E-state index in [2.05, 4.69) is 0 Å². The molecule has 0 bridgehead atoms. The fourth-order valence-corrected chi connectivity index (χ4v) is 7.08. The first-order valence-electron chi connectivity index (χ1n) is 13.3. The Hall–Kier alpha value is -4.42. The number of methoxy groups -OCH3 is 2. The van der Waals surface area contributed by atoms with Gasteiger partial charge in [0.2, 0.25) is 23.6 Å². The van der Waals surface area contributed by atoms with Crippen LogP contribution < -0.4 is 9.47 Å². The highest BCUT2D eigenvalue weighted by Crippen LogP contribution is 2.60. The Bertz CT molecular complexity index is 1380. The number of imide groups is 2. The van der Waals surface area contributed by atoms with Crippen LogP contribution in [0.1, 0.15) is 37.2 Å². The zero-order chi connectivity index (χ0) is 29.7. The number of phenolic OH excluding ortho intramolecular Hbond substituents is 1. The molecule has 5 rings (SSSR count). The molecule has 4 amide bonds. The summed E-state index contributed by atoms with van der Waals surface area (Å²) in [6, 6.07) is 2.88. The summed E-state index contributed by atoms with van der Waals surface area (Å²) in [5.74, 6) is -9.40. The number of hydrogen-bond donors (Lipinski definition) is 3. The van der Waals surface area contributed by atoms with Crippen molar-refractivity contribution in [3.63, 3.8) is 0 Å². The molecule has 4 aliphatic rings. The summed E-state index contributed by atoms with van der Waals surface area (Å²) >= 11 is 0. The fourth-order valence-electron chi connectivity index (χ4n) is 7.08. The molecule has 13 heteroatoms. The summed E-state index contributed by atoms with van der Waals surface area (Å²) < 4.78 is 10.8. The second kappa shape index (κ2) is 10.5. The first-order chi connectivity index (χ1) is 19.5. The minimum Gasteiger partial charge on any atom is -0.507 e. The second-order valence-electron chi connectivity index (χ2n) is 10.7. The average molecular weight is 571 g/mol. The molecule has 2 aliphatic carbocycles. The van der Waals surface area contributed by atoms with Gasteiger partial charge in [-0.15, -0.1) is 0 Å². The molecule has 2 saturated heterocycles. The number of benzene rings is 1.